The third-order valence-electron chi connectivity index (χ3n) is 2.74. The van der Waals surface area contributed by atoms with Crippen molar-refractivity contribution in [1.29, 1.82) is 0 Å². The maximum Gasteiger partial charge on any atom is 0.265 e. The van der Waals surface area contributed by atoms with E-state index in [0.29, 0.717) is 5.69 Å². The summed E-state index contributed by atoms with van der Waals surface area (Å²) >= 11 is 0. The van der Waals surface area contributed by atoms with Gasteiger partial charge in [-0.25, -0.2) is 12.8 Å². The zero-order valence-corrected chi connectivity index (χ0v) is 13.0. The van der Waals surface area contributed by atoms with Crippen LogP contribution in [-0.4, -0.2) is 18.2 Å². The molecule has 0 saturated carbocycles. The summed E-state index contributed by atoms with van der Waals surface area (Å²) in [6.45, 7) is 4.02. The molecule has 0 saturated heterocycles. The lowest BCUT2D eigenvalue weighted by atomic mass is 10.3. The van der Waals surface area contributed by atoms with Gasteiger partial charge in [-0.1, -0.05) is 0 Å². The van der Waals surface area contributed by atoms with Gasteiger partial charge >= 0.3 is 0 Å². The van der Waals surface area contributed by atoms with Gasteiger partial charge in [-0.3, -0.25) is 4.68 Å². The van der Waals surface area contributed by atoms with E-state index in [0.717, 1.165) is 12.1 Å². The van der Waals surface area contributed by atoms with Crippen LogP contribution in [0.5, 0.6) is 5.75 Å². The van der Waals surface area contributed by atoms with Crippen molar-refractivity contribution in [2.75, 3.05) is 0 Å². The number of nitrogens with zero attached hydrogens (tertiary/aromatic N) is 2. The van der Waals surface area contributed by atoms with Crippen LogP contribution in [-0.2, 0) is 15.7 Å². The van der Waals surface area contributed by atoms with E-state index in [4.69, 9.17) is 15.4 Å². The summed E-state index contributed by atoms with van der Waals surface area (Å²) in [6, 6.07) is 5.13. The molecule has 0 fully saturated rings. The first-order valence-electron chi connectivity index (χ1n) is 6.18. The second-order valence-corrected chi connectivity index (χ2v) is 7.23. The van der Waals surface area contributed by atoms with E-state index >= 15 is 0 Å². The van der Waals surface area contributed by atoms with Crippen LogP contribution in [0.25, 0.3) is 0 Å². The third kappa shape index (κ3) is 3.95. The van der Waals surface area contributed by atoms with E-state index in [1.54, 1.807) is 16.9 Å². The van der Waals surface area contributed by atoms with Crippen LogP contribution in [0.15, 0.2) is 35.4 Å². The predicted molar refractivity (Wildman–Crippen MR) is 76.4 cm³/mol. The van der Waals surface area contributed by atoms with Crippen LogP contribution in [0.4, 0.5) is 4.39 Å². The number of halogens is 2. The van der Waals surface area contributed by atoms with Crippen molar-refractivity contribution in [2.45, 2.75) is 31.4 Å². The Balaban J connectivity index is 2.20. The summed E-state index contributed by atoms with van der Waals surface area (Å²) in [7, 11) is 1.18. The Hall–Kier alpha value is -1.60. The minimum Gasteiger partial charge on any atom is -0.486 e. The summed E-state index contributed by atoms with van der Waals surface area (Å²) in [5.41, 5.74) is 0.631. The molecule has 0 atom stereocenters. The number of aromatic nitrogens is 2. The fraction of sp³-hybridized carbons (Fsp3) is 0.308. The molecule has 0 radical (unpaired) electrons. The van der Waals surface area contributed by atoms with Crippen molar-refractivity contribution in [3.8, 4) is 5.75 Å². The van der Waals surface area contributed by atoms with Gasteiger partial charge in [0.2, 0.25) is 0 Å². The third-order valence-corrected chi connectivity index (χ3v) is 4.08. The lowest BCUT2D eigenvalue weighted by molar-refractivity contribution is 0.290. The molecule has 21 heavy (non-hydrogen) atoms. The summed E-state index contributed by atoms with van der Waals surface area (Å²) in [5, 5.41) is 4.27. The van der Waals surface area contributed by atoms with Crippen molar-refractivity contribution < 1.29 is 17.5 Å². The fourth-order valence-electron chi connectivity index (χ4n) is 1.69. The van der Waals surface area contributed by atoms with Gasteiger partial charge in [0.15, 0.2) is 0 Å². The van der Waals surface area contributed by atoms with Crippen LogP contribution >= 0.6 is 10.7 Å². The first-order valence-corrected chi connectivity index (χ1v) is 8.49. The first-order chi connectivity index (χ1) is 9.77. The molecule has 0 aliphatic rings. The molecule has 0 N–H and O–H groups in total. The molecule has 0 bridgehead atoms. The minimum absolute atomic E-state index is 0.00880. The Labute approximate surface area is 126 Å². The van der Waals surface area contributed by atoms with Crippen molar-refractivity contribution in [2.24, 2.45) is 0 Å². The fourth-order valence-corrected chi connectivity index (χ4v) is 2.67. The SMILES string of the molecule is CC(C)n1ccc(COc2ccc(F)cc2S(=O)(=O)Cl)n1. The number of hydrogen-bond donors (Lipinski definition) is 0. The first kappa shape index (κ1) is 15.8. The molecule has 1 aromatic carbocycles. The molecule has 1 aromatic heterocycles. The van der Waals surface area contributed by atoms with Crippen LogP contribution in [0.2, 0.25) is 0 Å². The van der Waals surface area contributed by atoms with Crippen molar-refractivity contribution in [3.63, 3.8) is 0 Å². The number of rotatable bonds is 5. The molecule has 114 valence electrons. The summed E-state index contributed by atoms with van der Waals surface area (Å²) in [4.78, 5) is -0.396. The average Bonchev–Trinajstić information content (AvgIpc) is 2.85. The molecule has 8 heteroatoms. The van der Waals surface area contributed by atoms with Crippen molar-refractivity contribution in [1.82, 2.24) is 9.78 Å². The van der Waals surface area contributed by atoms with Gasteiger partial charge in [-0.05, 0) is 38.1 Å². The quantitative estimate of drug-likeness (QED) is 0.789. The highest BCUT2D eigenvalue weighted by atomic mass is 35.7. The second kappa shape index (κ2) is 6.03. The smallest absolute Gasteiger partial charge is 0.265 e. The van der Waals surface area contributed by atoms with Gasteiger partial charge in [0, 0.05) is 22.9 Å². The average molecular weight is 333 g/mol. The monoisotopic (exact) mass is 332 g/mol. The molecule has 1 heterocycles. The van der Waals surface area contributed by atoms with Gasteiger partial charge < -0.3 is 4.74 Å². The summed E-state index contributed by atoms with van der Waals surface area (Å²) < 4.78 is 43.1. The zero-order valence-electron chi connectivity index (χ0n) is 11.5. The number of benzene rings is 1. The van der Waals surface area contributed by atoms with Crippen LogP contribution in [0.1, 0.15) is 25.6 Å². The summed E-state index contributed by atoms with van der Waals surface area (Å²) in [6.07, 6.45) is 1.80. The Kier molecular flexibility index (Phi) is 4.53. The van der Waals surface area contributed by atoms with Gasteiger partial charge in [0.05, 0.1) is 5.69 Å². The van der Waals surface area contributed by atoms with Crippen molar-refractivity contribution in [3.05, 3.63) is 42.0 Å². The number of hydrogen-bond acceptors (Lipinski definition) is 4. The highest BCUT2D eigenvalue weighted by Crippen LogP contribution is 2.28. The molecular weight excluding hydrogens is 319 g/mol. The van der Waals surface area contributed by atoms with E-state index in [1.807, 2.05) is 13.8 Å². The van der Waals surface area contributed by atoms with E-state index in [2.05, 4.69) is 5.10 Å². The van der Waals surface area contributed by atoms with Crippen molar-refractivity contribution >= 4 is 19.7 Å². The Morgan fingerprint density at radius 2 is 2.10 bits per heavy atom. The highest BCUT2D eigenvalue weighted by molar-refractivity contribution is 8.13. The molecule has 0 amide bonds. The van der Waals surface area contributed by atoms with Crippen LogP contribution in [0.3, 0.4) is 0 Å². The molecular formula is C13H14ClFN2O3S. The lowest BCUT2D eigenvalue weighted by Crippen LogP contribution is -2.05. The summed E-state index contributed by atoms with van der Waals surface area (Å²) in [5.74, 6) is -0.712. The lowest BCUT2D eigenvalue weighted by Gasteiger charge is -2.09. The van der Waals surface area contributed by atoms with Gasteiger partial charge in [-0.15, -0.1) is 0 Å². The molecule has 0 spiro atoms. The Bertz CT molecular complexity index is 744. The molecule has 0 unspecified atom stereocenters. The van der Waals surface area contributed by atoms with Gasteiger partial charge in [-0.2, -0.15) is 5.10 Å². The molecule has 2 rings (SSSR count). The molecule has 0 aliphatic heterocycles. The zero-order chi connectivity index (χ0) is 15.6. The predicted octanol–water partition coefficient (Wildman–Crippen LogP) is 3.11. The van der Waals surface area contributed by atoms with Gasteiger partial charge in [0.1, 0.15) is 23.1 Å². The maximum absolute atomic E-state index is 13.1. The van der Waals surface area contributed by atoms with Crippen LogP contribution in [0, 0.1) is 5.82 Å². The standard InChI is InChI=1S/C13H14ClFN2O3S/c1-9(2)17-6-5-11(16-17)8-20-12-4-3-10(15)7-13(12)21(14,18)19/h3-7,9H,8H2,1-2H3. The van der Waals surface area contributed by atoms with E-state index in [-0.39, 0.29) is 18.4 Å². The minimum atomic E-state index is -4.09. The molecule has 0 aliphatic carbocycles. The normalized spacial score (nSPS) is 11.9. The second-order valence-electron chi connectivity index (χ2n) is 4.70. The highest BCUT2D eigenvalue weighted by Gasteiger charge is 2.18. The van der Waals surface area contributed by atoms with Crippen LogP contribution < -0.4 is 4.74 Å². The largest absolute Gasteiger partial charge is 0.486 e. The van der Waals surface area contributed by atoms with Gasteiger partial charge in [0.25, 0.3) is 9.05 Å². The number of ether oxygens (including phenoxy) is 1. The maximum atomic E-state index is 13.1. The van der Waals surface area contributed by atoms with E-state index in [1.165, 1.54) is 6.07 Å². The topological polar surface area (TPSA) is 61.2 Å². The van der Waals surface area contributed by atoms with E-state index in [9.17, 15) is 12.8 Å². The Morgan fingerprint density at radius 3 is 2.67 bits per heavy atom. The molecule has 5 nitrogen and oxygen atoms in total. The molecule has 2 aromatic rings. The Morgan fingerprint density at radius 1 is 1.38 bits per heavy atom. The van der Waals surface area contributed by atoms with E-state index < -0.39 is 19.8 Å².